The summed E-state index contributed by atoms with van der Waals surface area (Å²) in [5.41, 5.74) is 0.299. The quantitative estimate of drug-likeness (QED) is 0.583. The topological polar surface area (TPSA) is 0 Å². The molecular formula is C12H24. The van der Waals surface area contributed by atoms with Crippen molar-refractivity contribution < 1.29 is 1.37 Å². The minimum absolute atomic E-state index is 0.0845. The molecule has 1 unspecified atom stereocenters. The summed E-state index contributed by atoms with van der Waals surface area (Å²) in [6, 6.07) is 0. The zero-order chi connectivity index (χ0) is 10.5. The number of hydrogen-bond donors (Lipinski definition) is 0. The van der Waals surface area contributed by atoms with Gasteiger partial charge in [0.25, 0.3) is 0 Å². The van der Waals surface area contributed by atoms with E-state index in [1.54, 1.807) is 0 Å². The van der Waals surface area contributed by atoms with Gasteiger partial charge in [0.1, 0.15) is 0 Å². The molecule has 0 aromatic heterocycles. The van der Waals surface area contributed by atoms with Gasteiger partial charge in [0, 0.05) is 1.37 Å². The predicted molar refractivity (Wildman–Crippen MR) is 55.1 cm³/mol. The molecule has 1 aliphatic rings. The van der Waals surface area contributed by atoms with Gasteiger partial charge in [-0.1, -0.05) is 41.5 Å². The maximum Gasteiger partial charge on any atom is 0.0308 e. The molecule has 0 aromatic rings. The average molecular weight is 169 g/mol. The van der Waals surface area contributed by atoms with E-state index in [1.807, 2.05) is 0 Å². The Morgan fingerprint density at radius 2 is 1.58 bits per heavy atom. The third-order valence-corrected chi connectivity index (χ3v) is 4.05. The van der Waals surface area contributed by atoms with Crippen LogP contribution in [-0.2, 0) is 0 Å². The highest BCUT2D eigenvalue weighted by molar-refractivity contribution is 4.93. The Labute approximate surface area is 79.2 Å². The first kappa shape index (κ1) is 8.59. The third-order valence-electron chi connectivity index (χ3n) is 4.05. The van der Waals surface area contributed by atoms with Crippen molar-refractivity contribution in [2.75, 3.05) is 0 Å². The van der Waals surface area contributed by atoms with Gasteiger partial charge in [-0.25, -0.2) is 0 Å². The Bertz CT molecular complexity index is 192. The number of hydrogen-bond acceptors (Lipinski definition) is 0. The van der Waals surface area contributed by atoms with E-state index in [0.717, 1.165) is 0 Å². The summed E-state index contributed by atoms with van der Waals surface area (Å²) in [6.45, 7) is 13.4. The molecule has 0 saturated heterocycles. The lowest BCUT2D eigenvalue weighted by atomic mass is 9.61. The fourth-order valence-electron chi connectivity index (χ4n) is 1.62. The molecule has 0 spiro atoms. The third kappa shape index (κ3) is 1.67. The zero-order valence-corrected chi connectivity index (χ0v) is 9.49. The van der Waals surface area contributed by atoms with Crippen molar-refractivity contribution in [2.24, 2.45) is 22.6 Å². The highest BCUT2D eigenvalue weighted by Gasteiger charge is 2.44. The smallest absolute Gasteiger partial charge is 0.0308 e. The molecule has 1 aliphatic carbocycles. The molecular weight excluding hydrogens is 144 g/mol. The van der Waals surface area contributed by atoms with Crippen molar-refractivity contribution in [3.8, 4) is 0 Å². The number of rotatable bonds is 2. The fourth-order valence-corrected chi connectivity index (χ4v) is 1.62. The Kier molecular flexibility index (Phi) is 1.97. The van der Waals surface area contributed by atoms with Crippen molar-refractivity contribution in [3.05, 3.63) is 0 Å². The molecule has 1 saturated carbocycles. The maximum atomic E-state index is 8.50. The van der Waals surface area contributed by atoms with E-state index < -0.39 is 0 Å². The lowest BCUT2D eigenvalue weighted by Crippen LogP contribution is -2.36. The fraction of sp³-hybridized carbons (Fsp3) is 1.00. The van der Waals surface area contributed by atoms with E-state index in [1.165, 1.54) is 12.8 Å². The molecule has 1 atom stereocenters. The summed E-state index contributed by atoms with van der Waals surface area (Å²) < 4.78 is 8.50. The van der Waals surface area contributed by atoms with E-state index in [4.69, 9.17) is 1.37 Å². The first-order chi connectivity index (χ1) is 5.61. The lowest BCUT2D eigenvalue weighted by molar-refractivity contribution is 0.0520. The molecule has 0 aromatic carbocycles. The van der Waals surface area contributed by atoms with Gasteiger partial charge in [-0.05, 0) is 35.5 Å². The molecule has 0 radical (unpaired) electrons. The van der Waals surface area contributed by atoms with Gasteiger partial charge in [0.2, 0.25) is 0 Å². The minimum atomic E-state index is -0.259. The van der Waals surface area contributed by atoms with E-state index >= 15 is 0 Å². The first-order valence-electron chi connectivity index (χ1n) is 5.61. The van der Waals surface area contributed by atoms with Crippen LogP contribution in [-0.4, -0.2) is 0 Å². The van der Waals surface area contributed by atoms with Gasteiger partial charge in [-0.15, -0.1) is 0 Å². The molecule has 0 heteroatoms. The van der Waals surface area contributed by atoms with Gasteiger partial charge >= 0.3 is 0 Å². The average Bonchev–Trinajstić information content (AvgIpc) is 2.63. The Balaban J connectivity index is 2.90. The predicted octanol–water partition coefficient (Wildman–Crippen LogP) is 4.10. The van der Waals surface area contributed by atoms with Gasteiger partial charge in [-0.2, -0.15) is 0 Å². The van der Waals surface area contributed by atoms with Crippen molar-refractivity contribution in [1.29, 1.82) is 0 Å². The summed E-state index contributed by atoms with van der Waals surface area (Å²) in [4.78, 5) is 0. The normalized spacial score (nSPS) is 26.3. The molecule has 1 rings (SSSR count). The molecule has 0 nitrogen and oxygen atoms in total. The highest BCUT2D eigenvalue weighted by atomic mass is 14.5. The van der Waals surface area contributed by atoms with Crippen LogP contribution in [0.1, 0.15) is 55.8 Å². The van der Waals surface area contributed by atoms with Crippen molar-refractivity contribution >= 4 is 0 Å². The Morgan fingerprint density at radius 1 is 1.17 bits per heavy atom. The molecule has 1 fully saturated rings. The van der Waals surface area contributed by atoms with Crippen LogP contribution in [0, 0.1) is 22.6 Å². The van der Waals surface area contributed by atoms with Gasteiger partial charge < -0.3 is 0 Å². The van der Waals surface area contributed by atoms with E-state index in [9.17, 15) is 0 Å². The maximum absolute atomic E-state index is 8.50. The summed E-state index contributed by atoms with van der Waals surface area (Å²) in [5, 5.41) is 0. The van der Waals surface area contributed by atoms with Gasteiger partial charge in [-0.3, -0.25) is 0 Å². The first-order valence-corrected chi connectivity index (χ1v) is 5.11. The summed E-state index contributed by atoms with van der Waals surface area (Å²) in [7, 11) is 0. The van der Waals surface area contributed by atoms with Crippen LogP contribution in [0.3, 0.4) is 0 Å². The molecule has 0 heterocycles. The second kappa shape index (κ2) is 2.75. The van der Waals surface area contributed by atoms with Crippen LogP contribution in [0.25, 0.3) is 0 Å². The summed E-state index contributed by atoms with van der Waals surface area (Å²) in [6.07, 6.45) is 2.53. The largest absolute Gasteiger partial charge is 0.0617 e. The monoisotopic (exact) mass is 169 g/mol. The zero-order valence-electron chi connectivity index (χ0n) is 10.5. The molecule has 0 aliphatic heterocycles. The van der Waals surface area contributed by atoms with Crippen LogP contribution in [0.15, 0.2) is 0 Å². The molecule has 0 amide bonds. The van der Waals surface area contributed by atoms with Crippen LogP contribution in [0.2, 0.25) is 0 Å². The van der Waals surface area contributed by atoms with Crippen LogP contribution in [0.4, 0.5) is 0 Å². The van der Waals surface area contributed by atoms with Gasteiger partial charge in [0.15, 0.2) is 0 Å². The highest BCUT2D eigenvalue weighted by Crippen LogP contribution is 2.52. The van der Waals surface area contributed by atoms with E-state index in [0.29, 0.717) is 5.92 Å². The molecule has 12 heavy (non-hydrogen) atoms. The van der Waals surface area contributed by atoms with Crippen LogP contribution >= 0.6 is 0 Å². The van der Waals surface area contributed by atoms with Crippen molar-refractivity contribution in [3.63, 3.8) is 0 Å². The Morgan fingerprint density at radius 3 is 1.83 bits per heavy atom. The second-order valence-electron chi connectivity index (χ2n) is 5.83. The lowest BCUT2D eigenvalue weighted by Gasteiger charge is -2.44. The Hall–Kier alpha value is 0. The summed E-state index contributed by atoms with van der Waals surface area (Å²) >= 11 is 0. The van der Waals surface area contributed by atoms with E-state index in [-0.39, 0.29) is 16.7 Å². The van der Waals surface area contributed by atoms with Crippen molar-refractivity contribution in [2.45, 2.75) is 54.4 Å². The second-order valence-corrected chi connectivity index (χ2v) is 5.83. The standard InChI is InChI=1S/C12H24/c1-9(10-7-8-10)12(5,6)11(2,3)4/h9-10H,7-8H2,1-6H3/i9D. The minimum Gasteiger partial charge on any atom is -0.0617 e. The van der Waals surface area contributed by atoms with Gasteiger partial charge in [0.05, 0.1) is 0 Å². The molecule has 0 bridgehead atoms. The molecule has 72 valence electrons. The van der Waals surface area contributed by atoms with Crippen LogP contribution in [0.5, 0.6) is 0 Å². The summed E-state index contributed by atoms with van der Waals surface area (Å²) in [5.74, 6) is 0.382. The molecule has 0 N–H and O–H groups in total. The SMILES string of the molecule is [2H]C(C)(C1CC1)C(C)(C)C(C)(C)C. The van der Waals surface area contributed by atoms with Crippen LogP contribution < -0.4 is 0 Å². The van der Waals surface area contributed by atoms with Crippen molar-refractivity contribution in [1.82, 2.24) is 0 Å². The van der Waals surface area contributed by atoms with E-state index in [2.05, 4.69) is 41.5 Å².